The molecule has 10 heteroatoms. The van der Waals surface area contributed by atoms with Crippen molar-refractivity contribution in [2.75, 3.05) is 17.6 Å². The van der Waals surface area contributed by atoms with Crippen molar-refractivity contribution in [3.8, 4) is 0 Å². The number of carboxylic acid groups (broad SMARTS) is 1. The zero-order valence-corrected chi connectivity index (χ0v) is 12.4. The zero-order valence-electron chi connectivity index (χ0n) is 10.8. The minimum absolute atomic E-state index is 0.0570. The highest BCUT2D eigenvalue weighted by Gasteiger charge is 2.10. The maximum absolute atomic E-state index is 11.5. The van der Waals surface area contributed by atoms with Crippen LogP contribution in [-0.2, 0) is 10.0 Å². The highest BCUT2D eigenvalue weighted by molar-refractivity contribution is 7.89. The van der Waals surface area contributed by atoms with Gasteiger partial charge < -0.3 is 15.7 Å². The average molecular weight is 336 g/mol. The number of anilines is 1. The first-order valence-corrected chi connectivity index (χ1v) is 7.86. The van der Waals surface area contributed by atoms with Crippen LogP contribution >= 0.6 is 11.6 Å². The number of hydrogen-bond acceptors (Lipinski definition) is 4. The molecule has 0 spiro atoms. The predicted molar refractivity (Wildman–Crippen MR) is 78.0 cm³/mol. The number of carbonyl (C=O) groups is 2. The van der Waals surface area contributed by atoms with E-state index in [2.05, 4.69) is 10.6 Å². The number of aromatic carboxylic acids is 1. The number of sulfonamides is 1. The number of nitrogens with one attached hydrogen (secondary N) is 2. The second-order valence-electron chi connectivity index (χ2n) is 4.10. The summed E-state index contributed by atoms with van der Waals surface area (Å²) in [6, 6.07) is 3.41. The van der Waals surface area contributed by atoms with Gasteiger partial charge >= 0.3 is 12.0 Å². The number of rotatable bonds is 6. The number of carbonyl (C=O) groups excluding carboxylic acids is 1. The van der Waals surface area contributed by atoms with E-state index in [4.69, 9.17) is 21.8 Å². The molecule has 0 fully saturated rings. The molecule has 0 saturated carbocycles. The lowest BCUT2D eigenvalue weighted by Gasteiger charge is -2.08. The lowest BCUT2D eigenvalue weighted by molar-refractivity contribution is 0.0697. The molecule has 5 N–H and O–H groups in total. The van der Waals surface area contributed by atoms with Gasteiger partial charge in [-0.3, -0.25) is 0 Å². The Labute approximate surface area is 126 Å². The van der Waals surface area contributed by atoms with E-state index in [1.165, 1.54) is 18.2 Å². The van der Waals surface area contributed by atoms with Gasteiger partial charge in [-0.2, -0.15) is 0 Å². The third-order valence-corrected chi connectivity index (χ3v) is 3.53. The Bertz CT molecular complexity index is 647. The molecule has 21 heavy (non-hydrogen) atoms. The van der Waals surface area contributed by atoms with Crippen LogP contribution in [-0.4, -0.2) is 37.8 Å². The standard InChI is InChI=1S/C11H14ClN3O5S/c12-9-3-2-7(6-8(9)10(16)17)15-11(18)14-4-1-5-21(13,19)20/h2-3,6H,1,4-5H2,(H,16,17)(H2,13,19,20)(H2,14,15,18). The molecule has 0 atom stereocenters. The van der Waals surface area contributed by atoms with Gasteiger partial charge in [-0.05, 0) is 24.6 Å². The summed E-state index contributed by atoms with van der Waals surface area (Å²) < 4.78 is 21.4. The van der Waals surface area contributed by atoms with Gasteiger partial charge in [0.25, 0.3) is 0 Å². The fourth-order valence-corrected chi connectivity index (χ4v) is 2.16. The number of urea groups is 1. The normalized spacial score (nSPS) is 11.0. The molecule has 0 aliphatic rings. The second kappa shape index (κ2) is 7.25. The van der Waals surface area contributed by atoms with Crippen molar-refractivity contribution >= 4 is 39.3 Å². The Kier molecular flexibility index (Phi) is 5.94. The van der Waals surface area contributed by atoms with Crippen LogP contribution in [0.2, 0.25) is 5.02 Å². The van der Waals surface area contributed by atoms with Gasteiger partial charge in [-0.15, -0.1) is 0 Å². The van der Waals surface area contributed by atoms with Gasteiger partial charge in [0, 0.05) is 12.2 Å². The summed E-state index contributed by atoms with van der Waals surface area (Å²) in [7, 11) is -3.55. The van der Waals surface area contributed by atoms with Crippen molar-refractivity contribution in [2.45, 2.75) is 6.42 Å². The second-order valence-corrected chi connectivity index (χ2v) is 6.24. The summed E-state index contributed by atoms with van der Waals surface area (Å²) in [5.74, 6) is -1.45. The summed E-state index contributed by atoms with van der Waals surface area (Å²) in [4.78, 5) is 22.4. The lowest BCUT2D eigenvalue weighted by atomic mass is 10.2. The van der Waals surface area contributed by atoms with E-state index in [1.54, 1.807) is 0 Å². The highest BCUT2D eigenvalue weighted by Crippen LogP contribution is 2.20. The zero-order chi connectivity index (χ0) is 16.0. The van der Waals surface area contributed by atoms with E-state index in [-0.39, 0.29) is 35.0 Å². The molecule has 2 amide bonds. The summed E-state index contributed by atoms with van der Waals surface area (Å²) >= 11 is 5.69. The number of primary sulfonamides is 1. The smallest absolute Gasteiger partial charge is 0.337 e. The topological polar surface area (TPSA) is 139 Å². The molecule has 1 aromatic carbocycles. The van der Waals surface area contributed by atoms with Crippen LogP contribution in [0.3, 0.4) is 0 Å². The summed E-state index contributed by atoms with van der Waals surface area (Å²) in [6.07, 6.45) is 0.174. The number of amides is 2. The van der Waals surface area contributed by atoms with E-state index in [1.807, 2.05) is 0 Å². The van der Waals surface area contributed by atoms with Gasteiger partial charge in [0.2, 0.25) is 10.0 Å². The third-order valence-electron chi connectivity index (χ3n) is 2.35. The molecular weight excluding hydrogens is 322 g/mol. The van der Waals surface area contributed by atoms with E-state index in [0.717, 1.165) is 0 Å². The van der Waals surface area contributed by atoms with Crippen LogP contribution < -0.4 is 15.8 Å². The SMILES string of the molecule is NS(=O)(=O)CCCNC(=O)Nc1ccc(Cl)c(C(=O)O)c1. The molecule has 0 radical (unpaired) electrons. The van der Waals surface area contributed by atoms with E-state index in [0.29, 0.717) is 0 Å². The van der Waals surface area contributed by atoms with Gasteiger partial charge in [-0.1, -0.05) is 11.6 Å². The van der Waals surface area contributed by atoms with Gasteiger partial charge in [0.05, 0.1) is 16.3 Å². The fraction of sp³-hybridized carbons (Fsp3) is 0.273. The van der Waals surface area contributed by atoms with Crippen molar-refractivity contribution in [1.82, 2.24) is 5.32 Å². The molecule has 0 aliphatic carbocycles. The van der Waals surface area contributed by atoms with Crippen LogP contribution in [0.4, 0.5) is 10.5 Å². The fourth-order valence-electron chi connectivity index (χ4n) is 1.42. The predicted octanol–water partition coefficient (Wildman–Crippen LogP) is 0.838. The minimum Gasteiger partial charge on any atom is -0.478 e. The average Bonchev–Trinajstić information content (AvgIpc) is 2.35. The quantitative estimate of drug-likeness (QED) is 0.570. The molecule has 0 bridgehead atoms. The monoisotopic (exact) mass is 335 g/mol. The van der Waals surface area contributed by atoms with Crippen LogP contribution in [0.1, 0.15) is 16.8 Å². The Morgan fingerprint density at radius 1 is 1.33 bits per heavy atom. The molecule has 1 aromatic rings. The number of benzene rings is 1. The first-order valence-electron chi connectivity index (χ1n) is 5.77. The Balaban J connectivity index is 2.52. The summed E-state index contributed by atoms with van der Waals surface area (Å²) in [5, 5.41) is 18.6. The van der Waals surface area contributed by atoms with Gasteiger partial charge in [0.15, 0.2) is 0 Å². The van der Waals surface area contributed by atoms with Crippen molar-refractivity contribution in [1.29, 1.82) is 0 Å². The van der Waals surface area contributed by atoms with E-state index < -0.39 is 22.0 Å². The Hall–Kier alpha value is -1.84. The molecule has 0 aromatic heterocycles. The lowest BCUT2D eigenvalue weighted by Crippen LogP contribution is -2.31. The number of carboxylic acids is 1. The number of nitrogens with two attached hydrogens (primary N) is 1. The van der Waals surface area contributed by atoms with Crippen LogP contribution in [0.25, 0.3) is 0 Å². The van der Waals surface area contributed by atoms with E-state index >= 15 is 0 Å². The van der Waals surface area contributed by atoms with E-state index in [9.17, 15) is 18.0 Å². The van der Waals surface area contributed by atoms with Gasteiger partial charge in [-0.25, -0.2) is 23.1 Å². The molecule has 0 heterocycles. The highest BCUT2D eigenvalue weighted by atomic mass is 35.5. The molecule has 0 unspecified atom stereocenters. The first kappa shape index (κ1) is 17.2. The molecule has 1 rings (SSSR count). The first-order chi connectivity index (χ1) is 9.69. The Morgan fingerprint density at radius 2 is 2.00 bits per heavy atom. The van der Waals surface area contributed by atoms with Gasteiger partial charge in [0.1, 0.15) is 0 Å². The van der Waals surface area contributed by atoms with Crippen LogP contribution in [0.15, 0.2) is 18.2 Å². The van der Waals surface area contributed by atoms with Crippen LogP contribution in [0, 0.1) is 0 Å². The third kappa shape index (κ3) is 6.43. The molecular formula is C11H14ClN3O5S. The summed E-state index contributed by atoms with van der Waals surface area (Å²) in [5.41, 5.74) is 0.115. The maximum Gasteiger partial charge on any atom is 0.337 e. The Morgan fingerprint density at radius 3 is 2.57 bits per heavy atom. The molecule has 0 aliphatic heterocycles. The molecule has 0 saturated heterocycles. The molecule has 8 nitrogen and oxygen atoms in total. The largest absolute Gasteiger partial charge is 0.478 e. The minimum atomic E-state index is -3.55. The van der Waals surface area contributed by atoms with Crippen molar-refractivity contribution in [2.24, 2.45) is 5.14 Å². The van der Waals surface area contributed by atoms with Crippen molar-refractivity contribution in [3.05, 3.63) is 28.8 Å². The summed E-state index contributed by atoms with van der Waals surface area (Å²) in [6.45, 7) is 0.113. The number of halogens is 1. The molecule has 116 valence electrons. The van der Waals surface area contributed by atoms with Crippen molar-refractivity contribution in [3.63, 3.8) is 0 Å². The maximum atomic E-state index is 11.5. The van der Waals surface area contributed by atoms with Crippen molar-refractivity contribution < 1.29 is 23.1 Å². The van der Waals surface area contributed by atoms with Crippen LogP contribution in [0.5, 0.6) is 0 Å². The number of hydrogen-bond donors (Lipinski definition) is 4.